The normalized spacial score (nSPS) is 11.0. The fourth-order valence-electron chi connectivity index (χ4n) is 2.85. The van der Waals surface area contributed by atoms with E-state index in [1.165, 1.54) is 6.07 Å². The second-order valence-corrected chi connectivity index (χ2v) is 5.81. The fourth-order valence-corrected chi connectivity index (χ4v) is 2.85. The van der Waals surface area contributed by atoms with Gasteiger partial charge in [-0.05, 0) is 36.2 Å². The van der Waals surface area contributed by atoms with Crippen LogP contribution in [-0.2, 0) is 24.4 Å². The number of hydrogen-bond acceptors (Lipinski definition) is 2. The van der Waals surface area contributed by atoms with Crippen molar-refractivity contribution in [3.8, 4) is 0 Å². The van der Waals surface area contributed by atoms with Gasteiger partial charge in [0.15, 0.2) is 0 Å². The summed E-state index contributed by atoms with van der Waals surface area (Å²) >= 11 is 0. The lowest BCUT2D eigenvalue weighted by Crippen LogP contribution is -2.24. The van der Waals surface area contributed by atoms with E-state index in [1.54, 1.807) is 12.1 Å². The second kappa shape index (κ2) is 6.84. The minimum atomic E-state index is -0.443. The van der Waals surface area contributed by atoms with E-state index < -0.39 is 5.82 Å². The van der Waals surface area contributed by atoms with Crippen LogP contribution in [0.3, 0.4) is 0 Å². The number of aliphatic hydroxyl groups excluding tert-OH is 1. The lowest BCUT2D eigenvalue weighted by Gasteiger charge is -2.08. The molecule has 1 heterocycles. The zero-order valence-corrected chi connectivity index (χ0v) is 13.4. The highest BCUT2D eigenvalue weighted by Crippen LogP contribution is 2.22. The van der Waals surface area contributed by atoms with Crippen molar-refractivity contribution >= 4 is 16.8 Å². The fraction of sp³-hybridized carbons (Fsp3) is 0.211. The van der Waals surface area contributed by atoms with Crippen LogP contribution in [0.4, 0.5) is 4.39 Å². The van der Waals surface area contributed by atoms with Gasteiger partial charge in [-0.3, -0.25) is 4.79 Å². The standard InChI is InChI=1S/C19H19FN2O2/c1-12-16(15-4-2-3-5-18(15)22-12)9-19(24)21-10-13-6-7-17(20)14(8-13)11-23/h2-8,22-23H,9-11H2,1H3,(H,21,24). The highest BCUT2D eigenvalue weighted by molar-refractivity contribution is 5.90. The monoisotopic (exact) mass is 326 g/mol. The highest BCUT2D eigenvalue weighted by atomic mass is 19.1. The number of aliphatic hydroxyl groups is 1. The van der Waals surface area contributed by atoms with Crippen molar-refractivity contribution in [3.63, 3.8) is 0 Å². The van der Waals surface area contributed by atoms with E-state index in [9.17, 15) is 9.18 Å². The largest absolute Gasteiger partial charge is 0.392 e. The molecule has 1 amide bonds. The first-order valence-electron chi connectivity index (χ1n) is 7.79. The van der Waals surface area contributed by atoms with E-state index in [0.717, 1.165) is 27.7 Å². The zero-order valence-electron chi connectivity index (χ0n) is 13.4. The van der Waals surface area contributed by atoms with Gasteiger partial charge in [-0.25, -0.2) is 4.39 Å². The average Bonchev–Trinajstić information content (AvgIpc) is 2.90. The summed E-state index contributed by atoms with van der Waals surface area (Å²) in [7, 11) is 0. The molecule has 1 aromatic heterocycles. The van der Waals surface area contributed by atoms with Crippen molar-refractivity contribution in [2.45, 2.75) is 26.5 Å². The van der Waals surface area contributed by atoms with E-state index in [0.29, 0.717) is 6.54 Å². The lowest BCUT2D eigenvalue weighted by molar-refractivity contribution is -0.120. The van der Waals surface area contributed by atoms with E-state index in [2.05, 4.69) is 10.3 Å². The van der Waals surface area contributed by atoms with E-state index in [-0.39, 0.29) is 24.5 Å². The number of nitrogens with one attached hydrogen (secondary N) is 2. The molecule has 124 valence electrons. The molecule has 3 N–H and O–H groups in total. The van der Waals surface area contributed by atoms with Crippen molar-refractivity contribution in [3.05, 3.63) is 70.7 Å². The number of aryl methyl sites for hydroxylation is 1. The maximum atomic E-state index is 13.4. The number of halogens is 1. The number of para-hydroxylation sites is 1. The minimum absolute atomic E-state index is 0.0993. The molecular weight excluding hydrogens is 307 g/mol. The van der Waals surface area contributed by atoms with Gasteiger partial charge >= 0.3 is 0 Å². The first-order chi connectivity index (χ1) is 11.6. The third-order valence-corrected chi connectivity index (χ3v) is 4.13. The molecule has 0 saturated heterocycles. The van der Waals surface area contributed by atoms with Gasteiger partial charge in [0.05, 0.1) is 13.0 Å². The average molecular weight is 326 g/mol. The third kappa shape index (κ3) is 3.31. The van der Waals surface area contributed by atoms with Crippen molar-refractivity contribution < 1.29 is 14.3 Å². The molecule has 0 fully saturated rings. The molecule has 0 bridgehead atoms. The Morgan fingerprint density at radius 1 is 1.25 bits per heavy atom. The van der Waals surface area contributed by atoms with Crippen molar-refractivity contribution in [2.75, 3.05) is 0 Å². The van der Waals surface area contributed by atoms with Gasteiger partial charge in [0.2, 0.25) is 5.91 Å². The first kappa shape index (κ1) is 16.2. The van der Waals surface area contributed by atoms with E-state index in [4.69, 9.17) is 5.11 Å². The van der Waals surface area contributed by atoms with Crippen LogP contribution in [0, 0.1) is 12.7 Å². The Bertz CT molecular complexity index is 886. The van der Waals surface area contributed by atoms with Crippen LogP contribution in [0.25, 0.3) is 10.9 Å². The number of rotatable bonds is 5. The Labute approximate surface area is 139 Å². The molecule has 0 spiro atoms. The SMILES string of the molecule is Cc1[nH]c2ccccc2c1CC(=O)NCc1ccc(F)c(CO)c1. The molecule has 4 nitrogen and oxygen atoms in total. The van der Waals surface area contributed by atoms with Crippen LogP contribution >= 0.6 is 0 Å². The molecule has 0 aliphatic carbocycles. The predicted molar refractivity (Wildman–Crippen MR) is 90.9 cm³/mol. The van der Waals surface area contributed by atoms with Gasteiger partial charge in [0.25, 0.3) is 0 Å². The van der Waals surface area contributed by atoms with Gasteiger partial charge < -0.3 is 15.4 Å². The molecule has 0 atom stereocenters. The number of hydrogen-bond donors (Lipinski definition) is 3. The van der Waals surface area contributed by atoms with Crippen LogP contribution in [0.15, 0.2) is 42.5 Å². The van der Waals surface area contributed by atoms with Crippen LogP contribution in [0.2, 0.25) is 0 Å². The van der Waals surface area contributed by atoms with E-state index in [1.807, 2.05) is 31.2 Å². The number of fused-ring (bicyclic) bond motifs is 1. The maximum Gasteiger partial charge on any atom is 0.224 e. The maximum absolute atomic E-state index is 13.4. The number of amides is 1. The predicted octanol–water partition coefficient (Wildman–Crippen LogP) is 2.97. The minimum Gasteiger partial charge on any atom is -0.392 e. The second-order valence-electron chi connectivity index (χ2n) is 5.81. The van der Waals surface area contributed by atoms with Crippen LogP contribution in [-0.4, -0.2) is 16.0 Å². The Kier molecular flexibility index (Phi) is 4.62. The summed E-state index contributed by atoms with van der Waals surface area (Å²) in [6.45, 7) is 1.89. The van der Waals surface area contributed by atoms with Crippen molar-refractivity contribution in [2.24, 2.45) is 0 Å². The van der Waals surface area contributed by atoms with Gasteiger partial charge in [-0.1, -0.05) is 24.3 Å². The molecule has 0 aliphatic heterocycles. The van der Waals surface area contributed by atoms with Crippen LogP contribution < -0.4 is 5.32 Å². The Morgan fingerprint density at radius 2 is 2.04 bits per heavy atom. The summed E-state index contributed by atoms with van der Waals surface area (Å²) in [5.74, 6) is -0.542. The number of aromatic amines is 1. The lowest BCUT2D eigenvalue weighted by atomic mass is 10.1. The summed E-state index contributed by atoms with van der Waals surface area (Å²) in [5.41, 5.74) is 3.97. The Balaban J connectivity index is 1.68. The number of carbonyl (C=O) groups excluding carboxylic acids is 1. The van der Waals surface area contributed by atoms with Gasteiger partial charge in [-0.2, -0.15) is 0 Å². The van der Waals surface area contributed by atoms with Gasteiger partial charge in [0, 0.05) is 28.7 Å². The van der Waals surface area contributed by atoms with Crippen molar-refractivity contribution in [1.29, 1.82) is 0 Å². The molecule has 0 radical (unpaired) electrons. The quantitative estimate of drug-likeness (QED) is 0.675. The summed E-state index contributed by atoms with van der Waals surface area (Å²) < 4.78 is 13.4. The smallest absolute Gasteiger partial charge is 0.224 e. The molecule has 2 aromatic carbocycles. The number of H-pyrrole nitrogens is 1. The molecule has 3 rings (SSSR count). The van der Waals surface area contributed by atoms with E-state index >= 15 is 0 Å². The molecular formula is C19H19FN2O2. The number of carbonyl (C=O) groups is 1. The molecule has 5 heteroatoms. The summed E-state index contributed by atoms with van der Waals surface area (Å²) in [4.78, 5) is 15.5. The van der Waals surface area contributed by atoms with Gasteiger partial charge in [-0.15, -0.1) is 0 Å². The molecule has 3 aromatic rings. The van der Waals surface area contributed by atoms with Crippen LogP contribution in [0.5, 0.6) is 0 Å². The molecule has 0 unspecified atom stereocenters. The number of benzene rings is 2. The van der Waals surface area contributed by atoms with Crippen LogP contribution in [0.1, 0.15) is 22.4 Å². The molecule has 0 saturated carbocycles. The summed E-state index contributed by atoms with van der Waals surface area (Å²) in [6, 6.07) is 12.4. The Morgan fingerprint density at radius 3 is 2.83 bits per heavy atom. The summed E-state index contributed by atoms with van der Waals surface area (Å²) in [6.07, 6.45) is 0.282. The third-order valence-electron chi connectivity index (χ3n) is 4.13. The molecule has 0 aliphatic rings. The topological polar surface area (TPSA) is 65.1 Å². The van der Waals surface area contributed by atoms with Crippen molar-refractivity contribution in [1.82, 2.24) is 10.3 Å². The first-order valence-corrected chi connectivity index (χ1v) is 7.79. The summed E-state index contributed by atoms with van der Waals surface area (Å²) in [5, 5.41) is 13.0. The number of aromatic nitrogens is 1. The van der Waals surface area contributed by atoms with Gasteiger partial charge in [0.1, 0.15) is 5.82 Å². The highest BCUT2D eigenvalue weighted by Gasteiger charge is 2.12. The zero-order chi connectivity index (χ0) is 17.1. The Hall–Kier alpha value is -2.66. The molecule has 24 heavy (non-hydrogen) atoms.